The third-order valence-electron chi connectivity index (χ3n) is 4.04. The Bertz CT molecular complexity index is 399. The van der Waals surface area contributed by atoms with E-state index in [1.54, 1.807) is 6.20 Å². The Morgan fingerprint density at radius 2 is 2.05 bits per heavy atom. The Hall–Kier alpha value is -1.36. The van der Waals surface area contributed by atoms with Crippen LogP contribution in [0.3, 0.4) is 0 Å². The van der Waals surface area contributed by atoms with E-state index < -0.39 is 0 Å². The molecular weight excluding hydrogens is 252 g/mol. The van der Waals surface area contributed by atoms with Gasteiger partial charge in [-0.25, -0.2) is 4.98 Å². The van der Waals surface area contributed by atoms with E-state index >= 15 is 0 Å². The van der Waals surface area contributed by atoms with Gasteiger partial charge in [-0.05, 0) is 37.2 Å². The molecule has 5 heteroatoms. The first kappa shape index (κ1) is 15.0. The van der Waals surface area contributed by atoms with Crippen LogP contribution >= 0.6 is 0 Å². The van der Waals surface area contributed by atoms with E-state index in [0.717, 1.165) is 31.7 Å². The van der Waals surface area contributed by atoms with E-state index in [0.29, 0.717) is 24.4 Å². The molecule has 0 amide bonds. The minimum atomic E-state index is 0.305. The van der Waals surface area contributed by atoms with Crippen molar-refractivity contribution in [2.75, 3.05) is 30.3 Å². The zero-order valence-corrected chi connectivity index (χ0v) is 12.3. The van der Waals surface area contributed by atoms with Crippen LogP contribution in [-0.4, -0.2) is 34.8 Å². The summed E-state index contributed by atoms with van der Waals surface area (Å²) in [6, 6.07) is 1.90. The van der Waals surface area contributed by atoms with Gasteiger partial charge < -0.3 is 15.7 Å². The fraction of sp³-hybridized carbons (Fsp3) is 0.733. The lowest BCUT2D eigenvalue weighted by Crippen LogP contribution is -2.28. The molecule has 2 rings (SSSR count). The van der Waals surface area contributed by atoms with E-state index in [9.17, 15) is 5.11 Å². The predicted molar refractivity (Wildman–Crippen MR) is 81.8 cm³/mol. The summed E-state index contributed by atoms with van der Waals surface area (Å²) in [6.07, 6.45) is 7.70. The van der Waals surface area contributed by atoms with Crippen molar-refractivity contribution in [3.63, 3.8) is 0 Å². The molecule has 1 aliphatic rings. The highest BCUT2D eigenvalue weighted by atomic mass is 16.3. The fourth-order valence-corrected chi connectivity index (χ4v) is 2.81. The molecule has 1 aliphatic carbocycles. The van der Waals surface area contributed by atoms with Crippen molar-refractivity contribution < 1.29 is 5.11 Å². The maximum Gasteiger partial charge on any atom is 0.224 e. The summed E-state index contributed by atoms with van der Waals surface area (Å²) < 4.78 is 0. The highest BCUT2D eigenvalue weighted by molar-refractivity contribution is 5.39. The van der Waals surface area contributed by atoms with Gasteiger partial charge in [-0.3, -0.25) is 0 Å². The molecule has 0 saturated heterocycles. The molecular formula is C15H26N4O. The molecule has 1 aromatic heterocycles. The summed E-state index contributed by atoms with van der Waals surface area (Å²) in [7, 11) is 0. The first-order valence-electron chi connectivity index (χ1n) is 7.75. The van der Waals surface area contributed by atoms with Crippen LogP contribution in [0.4, 0.5) is 11.8 Å². The van der Waals surface area contributed by atoms with Crippen molar-refractivity contribution in [2.45, 2.75) is 39.0 Å². The number of hydrogen-bond acceptors (Lipinski definition) is 5. The molecule has 2 atom stereocenters. The zero-order valence-electron chi connectivity index (χ0n) is 12.3. The van der Waals surface area contributed by atoms with Gasteiger partial charge >= 0.3 is 0 Å². The molecule has 2 unspecified atom stereocenters. The lowest BCUT2D eigenvalue weighted by Gasteiger charge is -2.30. The zero-order chi connectivity index (χ0) is 14.2. The second kappa shape index (κ2) is 8.04. The minimum Gasteiger partial charge on any atom is -0.396 e. The van der Waals surface area contributed by atoms with Gasteiger partial charge in [-0.2, -0.15) is 4.98 Å². The Morgan fingerprint density at radius 3 is 2.80 bits per heavy atom. The average molecular weight is 278 g/mol. The molecule has 1 heterocycles. The SMILES string of the molecule is CCCNc1nccc(NCC2CCCCC2CO)n1. The highest BCUT2D eigenvalue weighted by Gasteiger charge is 2.24. The van der Waals surface area contributed by atoms with Gasteiger partial charge in [0.25, 0.3) is 0 Å². The smallest absolute Gasteiger partial charge is 0.224 e. The van der Waals surface area contributed by atoms with Crippen LogP contribution < -0.4 is 10.6 Å². The molecule has 0 aromatic carbocycles. The standard InChI is InChI=1S/C15H26N4O/c1-2-8-16-15-17-9-7-14(19-15)18-10-12-5-3-4-6-13(12)11-20/h7,9,12-13,20H,2-6,8,10-11H2,1H3,(H2,16,17,18,19). The number of hydrogen-bond donors (Lipinski definition) is 3. The highest BCUT2D eigenvalue weighted by Crippen LogP contribution is 2.29. The third-order valence-corrected chi connectivity index (χ3v) is 4.04. The quantitative estimate of drug-likeness (QED) is 0.715. The Kier molecular flexibility index (Phi) is 6.05. The summed E-state index contributed by atoms with van der Waals surface area (Å²) in [5, 5.41) is 16.0. The molecule has 3 N–H and O–H groups in total. The van der Waals surface area contributed by atoms with E-state index in [1.165, 1.54) is 19.3 Å². The van der Waals surface area contributed by atoms with Crippen molar-refractivity contribution in [3.05, 3.63) is 12.3 Å². The third kappa shape index (κ3) is 4.34. The molecule has 1 saturated carbocycles. The number of anilines is 2. The van der Waals surface area contributed by atoms with Crippen LogP contribution in [0.5, 0.6) is 0 Å². The van der Waals surface area contributed by atoms with Crippen LogP contribution in [0.2, 0.25) is 0 Å². The van der Waals surface area contributed by atoms with E-state index in [-0.39, 0.29) is 0 Å². The number of aromatic nitrogens is 2. The lowest BCUT2D eigenvalue weighted by atomic mass is 9.79. The monoisotopic (exact) mass is 278 g/mol. The maximum atomic E-state index is 9.44. The predicted octanol–water partition coefficient (Wildman–Crippen LogP) is 2.51. The molecule has 1 fully saturated rings. The molecule has 112 valence electrons. The Labute approximate surface area is 121 Å². The molecule has 1 aromatic rings. The Balaban J connectivity index is 1.86. The molecule has 0 aliphatic heterocycles. The molecule has 0 spiro atoms. The van der Waals surface area contributed by atoms with Gasteiger partial charge in [-0.1, -0.05) is 19.8 Å². The van der Waals surface area contributed by atoms with Gasteiger partial charge in [0.1, 0.15) is 5.82 Å². The van der Waals surface area contributed by atoms with Crippen LogP contribution in [0.15, 0.2) is 12.3 Å². The first-order chi connectivity index (χ1) is 9.83. The van der Waals surface area contributed by atoms with Crippen molar-refractivity contribution in [1.29, 1.82) is 0 Å². The topological polar surface area (TPSA) is 70.1 Å². The number of nitrogens with zero attached hydrogens (tertiary/aromatic N) is 2. The average Bonchev–Trinajstić information content (AvgIpc) is 2.51. The molecule has 0 radical (unpaired) electrons. The van der Waals surface area contributed by atoms with Crippen LogP contribution in [0.25, 0.3) is 0 Å². The minimum absolute atomic E-state index is 0.305. The number of aliphatic hydroxyl groups excluding tert-OH is 1. The molecule has 5 nitrogen and oxygen atoms in total. The van der Waals surface area contributed by atoms with E-state index in [2.05, 4.69) is 27.5 Å². The van der Waals surface area contributed by atoms with Crippen molar-refractivity contribution in [2.24, 2.45) is 11.8 Å². The van der Waals surface area contributed by atoms with Crippen molar-refractivity contribution in [1.82, 2.24) is 9.97 Å². The number of nitrogens with one attached hydrogen (secondary N) is 2. The van der Waals surface area contributed by atoms with E-state index in [1.807, 2.05) is 6.07 Å². The van der Waals surface area contributed by atoms with Gasteiger partial charge in [0.15, 0.2) is 0 Å². The van der Waals surface area contributed by atoms with Crippen LogP contribution in [0, 0.1) is 11.8 Å². The molecule has 0 bridgehead atoms. The summed E-state index contributed by atoms with van der Waals surface area (Å²) in [4.78, 5) is 8.65. The summed E-state index contributed by atoms with van der Waals surface area (Å²) in [5.74, 6) is 2.53. The maximum absolute atomic E-state index is 9.44. The summed E-state index contributed by atoms with van der Waals surface area (Å²) in [6.45, 7) is 4.20. The summed E-state index contributed by atoms with van der Waals surface area (Å²) in [5.41, 5.74) is 0. The van der Waals surface area contributed by atoms with Crippen molar-refractivity contribution in [3.8, 4) is 0 Å². The van der Waals surface area contributed by atoms with E-state index in [4.69, 9.17) is 0 Å². The first-order valence-corrected chi connectivity index (χ1v) is 7.75. The van der Waals surface area contributed by atoms with Gasteiger partial charge in [0.05, 0.1) is 0 Å². The van der Waals surface area contributed by atoms with Crippen molar-refractivity contribution >= 4 is 11.8 Å². The normalized spacial score (nSPS) is 22.5. The largest absolute Gasteiger partial charge is 0.396 e. The second-order valence-corrected chi connectivity index (χ2v) is 5.56. The summed E-state index contributed by atoms with van der Waals surface area (Å²) >= 11 is 0. The lowest BCUT2D eigenvalue weighted by molar-refractivity contribution is 0.141. The van der Waals surface area contributed by atoms with Gasteiger partial charge in [-0.15, -0.1) is 0 Å². The second-order valence-electron chi connectivity index (χ2n) is 5.56. The van der Waals surface area contributed by atoms with Gasteiger partial charge in [0.2, 0.25) is 5.95 Å². The van der Waals surface area contributed by atoms with Crippen LogP contribution in [0.1, 0.15) is 39.0 Å². The number of aliphatic hydroxyl groups is 1. The van der Waals surface area contributed by atoms with Crippen LogP contribution in [-0.2, 0) is 0 Å². The van der Waals surface area contributed by atoms with Gasteiger partial charge in [0, 0.05) is 25.9 Å². The fourth-order valence-electron chi connectivity index (χ4n) is 2.81. The number of rotatable bonds is 7. The Morgan fingerprint density at radius 1 is 1.25 bits per heavy atom. The molecule has 20 heavy (non-hydrogen) atoms.